The van der Waals surface area contributed by atoms with Crippen LogP contribution < -0.4 is 0 Å². The molecule has 7 nitrogen and oxygen atoms in total. The standard InChI is InChI=1S/C29H33N5O2/c35-29(33(23-24-13-15-30-16-14-24)18-6-17-32-19-21-36-22-20-32)12-11-28-31-26-9-4-5-10-27(26)34(28)25-7-2-1-3-8-25/h1-5,7-10,13-16H,6,11-12,17-23H2. The number of carbonyl (C=O) groups excluding carboxylic acids is 1. The van der Waals surface area contributed by atoms with Crippen LogP contribution in [0.4, 0.5) is 0 Å². The number of morpholine rings is 1. The van der Waals surface area contributed by atoms with Crippen LogP contribution in [0.2, 0.25) is 0 Å². The maximum absolute atomic E-state index is 13.5. The Labute approximate surface area is 212 Å². The maximum Gasteiger partial charge on any atom is 0.223 e. The van der Waals surface area contributed by atoms with Crippen LogP contribution in [-0.4, -0.2) is 69.6 Å². The second-order valence-corrected chi connectivity index (χ2v) is 9.17. The van der Waals surface area contributed by atoms with E-state index in [1.54, 1.807) is 12.4 Å². The van der Waals surface area contributed by atoms with Crippen molar-refractivity contribution >= 4 is 16.9 Å². The van der Waals surface area contributed by atoms with Gasteiger partial charge in [0.25, 0.3) is 0 Å². The van der Waals surface area contributed by atoms with E-state index in [9.17, 15) is 4.79 Å². The molecule has 0 N–H and O–H groups in total. The SMILES string of the molecule is O=C(CCc1nc2ccccc2n1-c1ccccc1)N(CCCN1CCOCC1)Cc1ccncc1. The van der Waals surface area contributed by atoms with Crippen LogP contribution in [0.15, 0.2) is 79.1 Å². The predicted octanol–water partition coefficient (Wildman–Crippen LogP) is 4.10. The number of pyridine rings is 1. The molecule has 0 aliphatic carbocycles. The van der Waals surface area contributed by atoms with Crippen molar-refractivity contribution in [3.63, 3.8) is 0 Å². The van der Waals surface area contributed by atoms with Gasteiger partial charge < -0.3 is 9.64 Å². The van der Waals surface area contributed by atoms with E-state index in [1.807, 2.05) is 53.4 Å². The molecule has 1 fully saturated rings. The molecule has 1 aliphatic rings. The number of aryl methyl sites for hydroxylation is 1. The lowest BCUT2D eigenvalue weighted by molar-refractivity contribution is -0.132. The third kappa shape index (κ3) is 5.98. The Morgan fingerprint density at radius 1 is 0.944 bits per heavy atom. The number of rotatable bonds is 10. The van der Waals surface area contributed by atoms with Gasteiger partial charge in [-0.3, -0.25) is 19.2 Å². The van der Waals surface area contributed by atoms with Gasteiger partial charge in [0.1, 0.15) is 5.82 Å². The quantitative estimate of drug-likeness (QED) is 0.340. The van der Waals surface area contributed by atoms with Gasteiger partial charge in [0, 0.05) is 63.6 Å². The van der Waals surface area contributed by atoms with E-state index < -0.39 is 0 Å². The van der Waals surface area contributed by atoms with Gasteiger partial charge in [-0.15, -0.1) is 0 Å². The van der Waals surface area contributed by atoms with Crippen molar-refractivity contribution in [2.24, 2.45) is 0 Å². The summed E-state index contributed by atoms with van der Waals surface area (Å²) in [7, 11) is 0. The topological polar surface area (TPSA) is 63.5 Å². The summed E-state index contributed by atoms with van der Waals surface area (Å²) >= 11 is 0. The monoisotopic (exact) mass is 483 g/mol. The van der Waals surface area contributed by atoms with E-state index in [2.05, 4.69) is 32.7 Å². The van der Waals surface area contributed by atoms with Gasteiger partial charge in [-0.05, 0) is 48.4 Å². The summed E-state index contributed by atoms with van der Waals surface area (Å²) in [6, 6.07) is 22.4. The van der Waals surface area contributed by atoms with Gasteiger partial charge in [-0.2, -0.15) is 0 Å². The van der Waals surface area contributed by atoms with Crippen LogP contribution in [0, 0.1) is 0 Å². The number of ether oxygens (including phenoxy) is 1. The average Bonchev–Trinajstić information content (AvgIpc) is 3.31. The summed E-state index contributed by atoms with van der Waals surface area (Å²) in [6.07, 6.45) is 5.51. The van der Waals surface area contributed by atoms with Gasteiger partial charge in [0.15, 0.2) is 0 Å². The molecule has 1 amide bonds. The fourth-order valence-corrected chi connectivity index (χ4v) is 4.80. The number of amides is 1. The minimum absolute atomic E-state index is 0.153. The first-order chi connectivity index (χ1) is 17.8. The van der Waals surface area contributed by atoms with E-state index in [-0.39, 0.29) is 5.91 Å². The molecule has 2 aromatic carbocycles. The fraction of sp³-hybridized carbons (Fsp3) is 0.345. The molecule has 0 atom stereocenters. The Morgan fingerprint density at radius 2 is 1.69 bits per heavy atom. The number of fused-ring (bicyclic) bond motifs is 1. The van der Waals surface area contributed by atoms with E-state index in [4.69, 9.17) is 9.72 Å². The Kier molecular flexibility index (Phi) is 8.00. The molecule has 36 heavy (non-hydrogen) atoms. The number of benzene rings is 2. The molecule has 0 spiro atoms. The Morgan fingerprint density at radius 3 is 2.50 bits per heavy atom. The van der Waals surface area contributed by atoms with E-state index in [0.29, 0.717) is 19.4 Å². The number of hydrogen-bond acceptors (Lipinski definition) is 5. The minimum Gasteiger partial charge on any atom is -0.379 e. The lowest BCUT2D eigenvalue weighted by atomic mass is 10.2. The molecule has 3 heterocycles. The molecule has 1 aliphatic heterocycles. The minimum atomic E-state index is 0.153. The molecule has 0 radical (unpaired) electrons. The van der Waals surface area contributed by atoms with Crippen molar-refractivity contribution in [1.82, 2.24) is 24.3 Å². The maximum atomic E-state index is 13.5. The number of nitrogens with zero attached hydrogens (tertiary/aromatic N) is 5. The van der Waals surface area contributed by atoms with Crippen LogP contribution in [-0.2, 0) is 22.5 Å². The molecule has 4 aromatic rings. The second-order valence-electron chi connectivity index (χ2n) is 9.17. The van der Waals surface area contributed by atoms with Crippen molar-refractivity contribution in [3.8, 4) is 5.69 Å². The van der Waals surface area contributed by atoms with E-state index >= 15 is 0 Å². The van der Waals surface area contributed by atoms with Crippen molar-refractivity contribution < 1.29 is 9.53 Å². The molecule has 0 unspecified atom stereocenters. The normalized spacial score (nSPS) is 14.2. The summed E-state index contributed by atoms with van der Waals surface area (Å²) in [5.74, 6) is 1.06. The van der Waals surface area contributed by atoms with Crippen molar-refractivity contribution in [1.29, 1.82) is 0 Å². The highest BCUT2D eigenvalue weighted by molar-refractivity contribution is 5.79. The molecule has 0 bridgehead atoms. The summed E-state index contributed by atoms with van der Waals surface area (Å²) in [5.41, 5.74) is 4.17. The molecule has 7 heteroatoms. The molecular formula is C29H33N5O2. The third-order valence-corrected chi connectivity index (χ3v) is 6.69. The van der Waals surface area contributed by atoms with E-state index in [0.717, 1.165) is 73.9 Å². The highest BCUT2D eigenvalue weighted by Gasteiger charge is 2.18. The van der Waals surface area contributed by atoms with Crippen molar-refractivity contribution in [2.75, 3.05) is 39.4 Å². The van der Waals surface area contributed by atoms with Crippen molar-refractivity contribution in [3.05, 3.63) is 90.5 Å². The largest absolute Gasteiger partial charge is 0.379 e. The van der Waals surface area contributed by atoms with Crippen LogP contribution >= 0.6 is 0 Å². The lowest BCUT2D eigenvalue weighted by Gasteiger charge is -2.28. The number of para-hydroxylation sites is 3. The molecule has 1 saturated heterocycles. The lowest BCUT2D eigenvalue weighted by Crippen LogP contribution is -2.39. The van der Waals surface area contributed by atoms with Crippen molar-refractivity contribution in [2.45, 2.75) is 25.8 Å². The smallest absolute Gasteiger partial charge is 0.223 e. The number of carbonyl (C=O) groups is 1. The molecule has 186 valence electrons. The van der Waals surface area contributed by atoms with Crippen LogP contribution in [0.1, 0.15) is 24.2 Å². The van der Waals surface area contributed by atoms with Gasteiger partial charge in [-0.1, -0.05) is 30.3 Å². The van der Waals surface area contributed by atoms with Gasteiger partial charge in [0.05, 0.1) is 24.2 Å². The van der Waals surface area contributed by atoms with Gasteiger partial charge in [0.2, 0.25) is 5.91 Å². The Bertz CT molecular complexity index is 1250. The summed E-state index contributed by atoms with van der Waals surface area (Å²) in [4.78, 5) is 26.9. The number of aromatic nitrogens is 3. The zero-order chi connectivity index (χ0) is 24.6. The third-order valence-electron chi connectivity index (χ3n) is 6.69. The Hall–Kier alpha value is -3.55. The van der Waals surface area contributed by atoms with Gasteiger partial charge in [-0.25, -0.2) is 4.98 Å². The summed E-state index contributed by atoms with van der Waals surface area (Å²) < 4.78 is 7.64. The van der Waals surface area contributed by atoms with E-state index in [1.165, 1.54) is 0 Å². The van der Waals surface area contributed by atoms with Crippen LogP contribution in [0.5, 0.6) is 0 Å². The summed E-state index contributed by atoms with van der Waals surface area (Å²) in [6.45, 7) is 5.83. The first-order valence-electron chi connectivity index (χ1n) is 12.8. The van der Waals surface area contributed by atoms with Gasteiger partial charge >= 0.3 is 0 Å². The number of imidazole rings is 1. The zero-order valence-corrected chi connectivity index (χ0v) is 20.6. The first kappa shape index (κ1) is 24.2. The molecule has 2 aromatic heterocycles. The van der Waals surface area contributed by atoms with Crippen LogP contribution in [0.25, 0.3) is 16.7 Å². The highest BCUT2D eigenvalue weighted by atomic mass is 16.5. The van der Waals surface area contributed by atoms with Crippen LogP contribution in [0.3, 0.4) is 0 Å². The Balaban J connectivity index is 1.30. The highest BCUT2D eigenvalue weighted by Crippen LogP contribution is 2.22. The second kappa shape index (κ2) is 11.9. The summed E-state index contributed by atoms with van der Waals surface area (Å²) in [5, 5.41) is 0. The number of hydrogen-bond donors (Lipinski definition) is 0. The predicted molar refractivity (Wildman–Crippen MR) is 141 cm³/mol. The molecule has 5 rings (SSSR count). The fourth-order valence-electron chi connectivity index (χ4n) is 4.80. The molecule has 0 saturated carbocycles. The molecular weight excluding hydrogens is 450 g/mol. The zero-order valence-electron chi connectivity index (χ0n) is 20.6. The average molecular weight is 484 g/mol. The first-order valence-corrected chi connectivity index (χ1v) is 12.8.